The van der Waals surface area contributed by atoms with Crippen molar-refractivity contribution in [2.24, 2.45) is 0 Å². The monoisotopic (exact) mass is 386 g/mol. The van der Waals surface area contributed by atoms with Gasteiger partial charge in [-0.1, -0.05) is 61.0 Å². The van der Waals surface area contributed by atoms with Gasteiger partial charge in [-0.15, -0.1) is 0 Å². The molecule has 2 atom stereocenters. The zero-order valence-electron chi connectivity index (χ0n) is 16.1. The lowest BCUT2D eigenvalue weighted by molar-refractivity contribution is -0.140. The number of amides is 2. The summed E-state index contributed by atoms with van der Waals surface area (Å²) < 4.78 is 0. The van der Waals surface area contributed by atoms with Gasteiger partial charge in [-0.2, -0.15) is 0 Å². The van der Waals surface area contributed by atoms with Gasteiger partial charge in [-0.3, -0.25) is 9.59 Å². The normalized spacial score (nSPS) is 12.9. The molecule has 0 heterocycles. The van der Waals surface area contributed by atoms with Gasteiger partial charge in [0, 0.05) is 17.6 Å². The van der Waals surface area contributed by atoms with Crippen LogP contribution in [-0.4, -0.2) is 28.8 Å². The molecule has 0 bridgehead atoms. The lowest BCUT2D eigenvalue weighted by Crippen LogP contribution is -2.49. The van der Waals surface area contributed by atoms with Crippen LogP contribution in [0.1, 0.15) is 38.3 Å². The molecule has 0 aliphatic heterocycles. The van der Waals surface area contributed by atoms with Gasteiger partial charge in [0.15, 0.2) is 0 Å². The van der Waals surface area contributed by atoms with Crippen molar-refractivity contribution < 1.29 is 9.59 Å². The number of benzene rings is 2. The van der Waals surface area contributed by atoms with Gasteiger partial charge >= 0.3 is 0 Å². The number of nitrogens with zero attached hydrogens (tertiary/aromatic N) is 1. The number of carbonyl (C=O) groups excluding carboxylic acids is 2. The van der Waals surface area contributed by atoms with Gasteiger partial charge in [0.1, 0.15) is 6.04 Å². The molecular weight excluding hydrogens is 360 g/mol. The molecule has 4 nitrogen and oxygen atoms in total. The van der Waals surface area contributed by atoms with E-state index in [0.29, 0.717) is 11.6 Å². The number of hydrogen-bond donors (Lipinski definition) is 1. The molecule has 2 rings (SSSR count). The second kappa shape index (κ2) is 10.1. The average molecular weight is 387 g/mol. The van der Waals surface area contributed by atoms with Gasteiger partial charge in [-0.05, 0) is 43.5 Å². The minimum atomic E-state index is -0.556. The molecule has 2 aromatic carbocycles. The quantitative estimate of drug-likeness (QED) is 0.738. The molecule has 0 radical (unpaired) electrons. The molecule has 0 saturated heterocycles. The first kappa shape index (κ1) is 21.0. The lowest BCUT2D eigenvalue weighted by Gasteiger charge is -2.29. The van der Waals surface area contributed by atoms with E-state index in [0.717, 1.165) is 17.5 Å². The highest BCUT2D eigenvalue weighted by Crippen LogP contribution is 2.14. The summed E-state index contributed by atoms with van der Waals surface area (Å²) in [5.41, 5.74) is 1.86. The van der Waals surface area contributed by atoms with E-state index in [1.54, 1.807) is 24.0 Å². The van der Waals surface area contributed by atoms with E-state index in [1.807, 2.05) is 56.3 Å². The number of nitrogens with one attached hydrogen (secondary N) is 1. The molecule has 0 aliphatic rings. The molecule has 0 aliphatic carbocycles. The summed E-state index contributed by atoms with van der Waals surface area (Å²) in [7, 11) is 0. The SMILES string of the molecule is CC[C@@H](C)NC(=O)[C@@H](C)N(Cc1ccccc1)C(=O)Cc1ccc(Cl)cc1. The summed E-state index contributed by atoms with van der Waals surface area (Å²) in [5.74, 6) is -0.224. The molecular formula is C22H27ClN2O2. The fourth-order valence-corrected chi connectivity index (χ4v) is 2.83. The predicted molar refractivity (Wildman–Crippen MR) is 110 cm³/mol. The summed E-state index contributed by atoms with van der Waals surface area (Å²) >= 11 is 5.92. The fraction of sp³-hybridized carbons (Fsp3) is 0.364. The van der Waals surface area contributed by atoms with Gasteiger partial charge in [-0.25, -0.2) is 0 Å². The smallest absolute Gasteiger partial charge is 0.242 e. The van der Waals surface area contributed by atoms with E-state index in [-0.39, 0.29) is 24.3 Å². The van der Waals surface area contributed by atoms with E-state index >= 15 is 0 Å². The van der Waals surface area contributed by atoms with Crippen molar-refractivity contribution >= 4 is 23.4 Å². The van der Waals surface area contributed by atoms with Crippen LogP contribution in [-0.2, 0) is 22.6 Å². The molecule has 27 heavy (non-hydrogen) atoms. The van der Waals surface area contributed by atoms with E-state index in [9.17, 15) is 9.59 Å². The van der Waals surface area contributed by atoms with Crippen LogP contribution in [0.4, 0.5) is 0 Å². The molecule has 0 spiro atoms. The van der Waals surface area contributed by atoms with Crippen molar-refractivity contribution in [1.29, 1.82) is 0 Å². The Bertz CT molecular complexity index is 747. The van der Waals surface area contributed by atoms with Crippen molar-refractivity contribution in [1.82, 2.24) is 10.2 Å². The predicted octanol–water partition coefficient (Wildman–Crippen LogP) is 4.21. The highest BCUT2D eigenvalue weighted by Gasteiger charge is 2.26. The van der Waals surface area contributed by atoms with E-state index < -0.39 is 6.04 Å². The Morgan fingerprint density at radius 3 is 2.22 bits per heavy atom. The first-order valence-electron chi connectivity index (χ1n) is 9.29. The zero-order valence-corrected chi connectivity index (χ0v) is 16.9. The van der Waals surface area contributed by atoms with E-state index in [1.165, 1.54) is 0 Å². The second-order valence-corrected chi connectivity index (χ2v) is 7.24. The van der Waals surface area contributed by atoms with Crippen molar-refractivity contribution in [2.75, 3.05) is 0 Å². The Balaban J connectivity index is 2.18. The topological polar surface area (TPSA) is 49.4 Å². The summed E-state index contributed by atoms with van der Waals surface area (Å²) in [5, 5.41) is 3.60. The third-order valence-electron chi connectivity index (χ3n) is 4.63. The van der Waals surface area contributed by atoms with Crippen LogP contribution < -0.4 is 5.32 Å². The third-order valence-corrected chi connectivity index (χ3v) is 4.88. The molecule has 0 aromatic heterocycles. The van der Waals surface area contributed by atoms with Crippen LogP contribution in [0.15, 0.2) is 54.6 Å². The second-order valence-electron chi connectivity index (χ2n) is 6.80. The minimum Gasteiger partial charge on any atom is -0.352 e. The van der Waals surface area contributed by atoms with Crippen LogP contribution in [0.3, 0.4) is 0 Å². The van der Waals surface area contributed by atoms with Crippen LogP contribution >= 0.6 is 11.6 Å². The Kier molecular flexibility index (Phi) is 7.86. The Morgan fingerprint density at radius 2 is 1.63 bits per heavy atom. The highest BCUT2D eigenvalue weighted by molar-refractivity contribution is 6.30. The van der Waals surface area contributed by atoms with Crippen molar-refractivity contribution in [2.45, 2.75) is 52.2 Å². The van der Waals surface area contributed by atoms with Crippen LogP contribution in [0.5, 0.6) is 0 Å². The van der Waals surface area contributed by atoms with Gasteiger partial charge < -0.3 is 10.2 Å². The van der Waals surface area contributed by atoms with Gasteiger partial charge in [0.2, 0.25) is 11.8 Å². The summed E-state index contributed by atoms with van der Waals surface area (Å²) in [6.45, 7) is 6.15. The van der Waals surface area contributed by atoms with Crippen molar-refractivity contribution in [3.05, 3.63) is 70.7 Å². The summed E-state index contributed by atoms with van der Waals surface area (Å²) in [6.07, 6.45) is 1.07. The number of carbonyl (C=O) groups is 2. The Morgan fingerprint density at radius 1 is 1.00 bits per heavy atom. The third kappa shape index (κ3) is 6.40. The maximum atomic E-state index is 13.0. The molecule has 1 N–H and O–H groups in total. The zero-order chi connectivity index (χ0) is 19.8. The molecule has 5 heteroatoms. The number of hydrogen-bond acceptors (Lipinski definition) is 2. The minimum absolute atomic E-state index is 0.0740. The first-order chi connectivity index (χ1) is 12.9. The number of rotatable bonds is 8. The molecule has 144 valence electrons. The maximum absolute atomic E-state index is 13.0. The molecule has 0 unspecified atom stereocenters. The molecule has 2 amide bonds. The molecule has 0 fully saturated rings. The van der Waals surface area contributed by atoms with Crippen molar-refractivity contribution in [3.63, 3.8) is 0 Å². The van der Waals surface area contributed by atoms with Gasteiger partial charge in [0.25, 0.3) is 0 Å². The Labute approximate surface area is 166 Å². The van der Waals surface area contributed by atoms with Crippen LogP contribution in [0, 0.1) is 0 Å². The van der Waals surface area contributed by atoms with E-state index in [4.69, 9.17) is 11.6 Å². The van der Waals surface area contributed by atoms with Crippen molar-refractivity contribution in [3.8, 4) is 0 Å². The van der Waals surface area contributed by atoms with Crippen LogP contribution in [0.25, 0.3) is 0 Å². The standard InChI is InChI=1S/C22H27ClN2O2/c1-4-16(2)24-22(27)17(3)25(15-19-8-6-5-7-9-19)21(26)14-18-10-12-20(23)13-11-18/h5-13,16-17H,4,14-15H2,1-3H3,(H,24,27)/t16-,17-/m1/s1. The fourth-order valence-electron chi connectivity index (χ4n) is 2.71. The molecule has 0 saturated carbocycles. The highest BCUT2D eigenvalue weighted by atomic mass is 35.5. The Hall–Kier alpha value is -2.33. The largest absolute Gasteiger partial charge is 0.352 e. The first-order valence-corrected chi connectivity index (χ1v) is 9.66. The molecule has 2 aromatic rings. The summed E-state index contributed by atoms with van der Waals surface area (Å²) in [4.78, 5) is 27.3. The average Bonchev–Trinajstić information content (AvgIpc) is 2.67. The van der Waals surface area contributed by atoms with Crippen LogP contribution in [0.2, 0.25) is 5.02 Å². The lowest BCUT2D eigenvalue weighted by atomic mass is 10.1. The summed E-state index contributed by atoms with van der Waals surface area (Å²) in [6, 6.07) is 16.4. The van der Waals surface area contributed by atoms with Gasteiger partial charge in [0.05, 0.1) is 6.42 Å². The maximum Gasteiger partial charge on any atom is 0.242 e. The van der Waals surface area contributed by atoms with E-state index in [2.05, 4.69) is 5.32 Å². The number of halogens is 1.